The lowest BCUT2D eigenvalue weighted by Gasteiger charge is -2.40. The van der Waals surface area contributed by atoms with Gasteiger partial charge >= 0.3 is 0 Å². The molecule has 0 amide bonds. The third-order valence-electron chi connectivity index (χ3n) is 3.52. The Morgan fingerprint density at radius 3 is 2.45 bits per heavy atom. The maximum Gasteiger partial charge on any atom is 0.0506 e. The second kappa shape index (κ2) is 1.97. The van der Waals surface area contributed by atoms with Crippen molar-refractivity contribution >= 4 is 0 Å². The monoisotopic (exact) mass is 156 g/mol. The average molecular weight is 156 g/mol. The molecule has 1 aliphatic carbocycles. The second-order valence-corrected chi connectivity index (χ2v) is 4.27. The first-order valence-electron chi connectivity index (χ1n) is 4.18. The number of aliphatic hydroxyl groups excluding tert-OH is 1. The quantitative estimate of drug-likeness (QED) is 0.553. The van der Waals surface area contributed by atoms with Crippen LogP contribution in [0.3, 0.4) is 0 Å². The molecular formula is C8H16N2O. The summed E-state index contributed by atoms with van der Waals surface area (Å²) in [5.41, 5.74) is 6.14. The van der Waals surface area contributed by atoms with E-state index >= 15 is 0 Å². The average Bonchev–Trinajstić information content (AvgIpc) is 2.59. The largest absolute Gasteiger partial charge is 0.396 e. The Hall–Kier alpha value is -0.120. The molecule has 2 aliphatic rings. The van der Waals surface area contributed by atoms with Crippen molar-refractivity contribution in [2.45, 2.75) is 6.42 Å². The van der Waals surface area contributed by atoms with Gasteiger partial charge in [0.05, 0.1) is 6.61 Å². The normalized spacial score (nSPS) is 40.6. The van der Waals surface area contributed by atoms with E-state index in [2.05, 4.69) is 11.9 Å². The van der Waals surface area contributed by atoms with Crippen LogP contribution in [0, 0.1) is 10.8 Å². The van der Waals surface area contributed by atoms with Crippen LogP contribution in [-0.2, 0) is 0 Å². The van der Waals surface area contributed by atoms with E-state index in [0.717, 1.165) is 19.5 Å². The molecule has 1 atom stereocenters. The van der Waals surface area contributed by atoms with Gasteiger partial charge in [0.2, 0.25) is 0 Å². The third-order valence-corrected chi connectivity index (χ3v) is 3.52. The number of aliphatic hydroxyl groups is 1. The van der Waals surface area contributed by atoms with Crippen LogP contribution in [0.1, 0.15) is 6.42 Å². The van der Waals surface area contributed by atoms with Gasteiger partial charge in [0.25, 0.3) is 0 Å². The fourth-order valence-corrected chi connectivity index (χ4v) is 2.61. The first-order chi connectivity index (χ1) is 5.18. The van der Waals surface area contributed by atoms with Crippen LogP contribution in [0.15, 0.2) is 0 Å². The van der Waals surface area contributed by atoms with Crippen LogP contribution in [0.25, 0.3) is 0 Å². The zero-order chi connectivity index (χ0) is 8.11. The van der Waals surface area contributed by atoms with Gasteiger partial charge in [0, 0.05) is 30.5 Å². The van der Waals surface area contributed by atoms with Gasteiger partial charge in [-0.05, 0) is 13.5 Å². The molecule has 1 saturated carbocycles. The molecule has 0 radical (unpaired) electrons. The fraction of sp³-hybridized carbons (Fsp3) is 1.00. The Labute approximate surface area is 67.2 Å². The molecule has 3 heteroatoms. The number of nitrogens with zero attached hydrogens (tertiary/aromatic N) is 1. The summed E-state index contributed by atoms with van der Waals surface area (Å²) in [6.07, 6.45) is 1.14. The molecule has 0 bridgehead atoms. The Bertz CT molecular complexity index is 171. The number of rotatable bonds is 2. The summed E-state index contributed by atoms with van der Waals surface area (Å²) < 4.78 is 0. The zero-order valence-corrected chi connectivity index (χ0v) is 7.01. The maximum atomic E-state index is 9.14. The van der Waals surface area contributed by atoms with Crippen LogP contribution < -0.4 is 5.73 Å². The minimum absolute atomic E-state index is 0.0967. The maximum absolute atomic E-state index is 9.14. The van der Waals surface area contributed by atoms with Crippen molar-refractivity contribution < 1.29 is 5.11 Å². The van der Waals surface area contributed by atoms with Crippen molar-refractivity contribution in [2.75, 3.05) is 33.3 Å². The number of nitrogens with two attached hydrogens (primary N) is 1. The molecule has 3 nitrogen and oxygen atoms in total. The van der Waals surface area contributed by atoms with Crippen molar-refractivity contribution in [3.05, 3.63) is 0 Å². The highest BCUT2D eigenvalue weighted by Gasteiger charge is 2.70. The summed E-state index contributed by atoms with van der Waals surface area (Å²) in [6.45, 7) is 3.18. The van der Waals surface area contributed by atoms with E-state index < -0.39 is 0 Å². The Morgan fingerprint density at radius 1 is 1.55 bits per heavy atom. The summed E-state index contributed by atoms with van der Waals surface area (Å²) in [5.74, 6) is 0. The Balaban J connectivity index is 2.02. The van der Waals surface area contributed by atoms with E-state index in [0.29, 0.717) is 12.0 Å². The summed E-state index contributed by atoms with van der Waals surface area (Å²) in [7, 11) is 2.11. The van der Waals surface area contributed by atoms with E-state index in [-0.39, 0.29) is 12.0 Å². The Morgan fingerprint density at radius 2 is 2.18 bits per heavy atom. The summed E-state index contributed by atoms with van der Waals surface area (Å²) in [5, 5.41) is 9.14. The lowest BCUT2D eigenvalue weighted by molar-refractivity contribution is 0.0518. The van der Waals surface area contributed by atoms with Gasteiger partial charge in [-0.1, -0.05) is 0 Å². The van der Waals surface area contributed by atoms with E-state index in [1.807, 2.05) is 0 Å². The van der Waals surface area contributed by atoms with Crippen LogP contribution in [-0.4, -0.2) is 43.3 Å². The number of hydrogen-bond donors (Lipinski definition) is 2. The van der Waals surface area contributed by atoms with Gasteiger partial charge in [-0.3, -0.25) is 0 Å². The fourth-order valence-electron chi connectivity index (χ4n) is 2.61. The zero-order valence-electron chi connectivity index (χ0n) is 7.01. The first-order valence-corrected chi connectivity index (χ1v) is 4.18. The van der Waals surface area contributed by atoms with Crippen LogP contribution in [0.4, 0.5) is 0 Å². The molecule has 2 rings (SSSR count). The van der Waals surface area contributed by atoms with Gasteiger partial charge in [0.1, 0.15) is 0 Å². The first kappa shape index (κ1) is 7.53. The molecular weight excluding hydrogens is 140 g/mol. The van der Waals surface area contributed by atoms with Crippen molar-refractivity contribution in [1.82, 2.24) is 4.90 Å². The molecule has 11 heavy (non-hydrogen) atoms. The van der Waals surface area contributed by atoms with Crippen molar-refractivity contribution in [1.29, 1.82) is 0 Å². The molecule has 2 fully saturated rings. The van der Waals surface area contributed by atoms with Crippen LogP contribution >= 0.6 is 0 Å². The minimum Gasteiger partial charge on any atom is -0.396 e. The smallest absolute Gasteiger partial charge is 0.0506 e. The lowest BCUT2D eigenvalue weighted by atomic mass is 9.86. The lowest BCUT2D eigenvalue weighted by Crippen LogP contribution is -2.50. The summed E-state index contributed by atoms with van der Waals surface area (Å²) >= 11 is 0. The Kier molecular flexibility index (Phi) is 1.35. The molecule has 0 aromatic rings. The van der Waals surface area contributed by atoms with Crippen LogP contribution in [0.5, 0.6) is 0 Å². The van der Waals surface area contributed by atoms with Crippen molar-refractivity contribution in [3.63, 3.8) is 0 Å². The molecule has 1 unspecified atom stereocenters. The standard InChI is InChI=1S/C8H16N2O/c1-10-4-8(5-10)2-7(8,3-9)6-11/h11H,2-6,9H2,1H3. The SMILES string of the molecule is CN1CC2(C1)CC2(CN)CO. The van der Waals surface area contributed by atoms with Gasteiger partial charge in [-0.2, -0.15) is 0 Å². The second-order valence-electron chi connectivity index (χ2n) is 4.27. The van der Waals surface area contributed by atoms with Crippen LogP contribution in [0.2, 0.25) is 0 Å². The van der Waals surface area contributed by atoms with Crippen molar-refractivity contribution in [3.8, 4) is 0 Å². The van der Waals surface area contributed by atoms with Gasteiger partial charge in [0.15, 0.2) is 0 Å². The van der Waals surface area contributed by atoms with Gasteiger partial charge < -0.3 is 15.7 Å². The van der Waals surface area contributed by atoms with E-state index in [9.17, 15) is 0 Å². The molecule has 1 spiro atoms. The third kappa shape index (κ3) is 0.736. The topological polar surface area (TPSA) is 49.5 Å². The molecule has 0 aromatic heterocycles. The predicted octanol–water partition coefficient (Wildman–Crippen LogP) is -0.741. The summed E-state index contributed by atoms with van der Waals surface area (Å²) in [4.78, 5) is 2.28. The molecule has 0 aromatic carbocycles. The molecule has 1 aliphatic heterocycles. The minimum atomic E-state index is 0.0967. The van der Waals surface area contributed by atoms with E-state index in [4.69, 9.17) is 10.8 Å². The number of likely N-dealkylation sites (tertiary alicyclic amines) is 1. The highest BCUT2D eigenvalue weighted by atomic mass is 16.3. The molecule has 1 saturated heterocycles. The number of hydrogen-bond acceptors (Lipinski definition) is 3. The van der Waals surface area contributed by atoms with Gasteiger partial charge in [-0.25, -0.2) is 0 Å². The summed E-state index contributed by atoms with van der Waals surface area (Å²) in [6, 6.07) is 0. The van der Waals surface area contributed by atoms with E-state index in [1.54, 1.807) is 0 Å². The molecule has 64 valence electrons. The highest BCUT2D eigenvalue weighted by Crippen LogP contribution is 2.67. The highest BCUT2D eigenvalue weighted by molar-refractivity contribution is 5.21. The van der Waals surface area contributed by atoms with Crippen molar-refractivity contribution in [2.24, 2.45) is 16.6 Å². The molecule has 1 heterocycles. The van der Waals surface area contributed by atoms with Gasteiger partial charge in [-0.15, -0.1) is 0 Å². The predicted molar refractivity (Wildman–Crippen MR) is 43.1 cm³/mol. The molecule has 3 N–H and O–H groups in total. The van der Waals surface area contributed by atoms with E-state index in [1.165, 1.54) is 0 Å².